The van der Waals surface area contributed by atoms with Crippen molar-refractivity contribution in [1.29, 1.82) is 0 Å². The first-order valence-electron chi connectivity index (χ1n) is 10.0. The van der Waals surface area contributed by atoms with Crippen LogP contribution < -0.4 is 5.32 Å². The number of amides is 2. The monoisotopic (exact) mass is 377 g/mol. The maximum absolute atomic E-state index is 13.1. The number of anilines is 1. The molecule has 1 saturated heterocycles. The molecule has 146 valence electrons. The summed E-state index contributed by atoms with van der Waals surface area (Å²) in [6.45, 7) is 2.45. The van der Waals surface area contributed by atoms with Gasteiger partial charge in [0, 0.05) is 37.7 Å². The molecule has 28 heavy (non-hydrogen) atoms. The lowest BCUT2D eigenvalue weighted by molar-refractivity contribution is -0.136. The molecule has 0 bridgehead atoms. The fourth-order valence-corrected chi connectivity index (χ4v) is 4.27. The molecule has 2 aromatic rings. The van der Waals surface area contributed by atoms with Gasteiger partial charge < -0.3 is 15.1 Å². The Morgan fingerprint density at radius 2 is 1.82 bits per heavy atom. The van der Waals surface area contributed by atoms with Crippen LogP contribution in [0.1, 0.15) is 30.0 Å². The van der Waals surface area contributed by atoms with Crippen molar-refractivity contribution in [1.82, 2.24) is 9.80 Å². The van der Waals surface area contributed by atoms with Crippen molar-refractivity contribution in [2.45, 2.75) is 25.3 Å². The molecule has 1 N–H and O–H groups in total. The summed E-state index contributed by atoms with van der Waals surface area (Å²) in [5.74, 6) is 0.0413. The summed E-state index contributed by atoms with van der Waals surface area (Å²) in [4.78, 5) is 29.8. The molecule has 2 heterocycles. The third kappa shape index (κ3) is 3.94. The first-order valence-corrected chi connectivity index (χ1v) is 10.0. The summed E-state index contributed by atoms with van der Waals surface area (Å²) in [7, 11) is 2.10. The van der Waals surface area contributed by atoms with Crippen molar-refractivity contribution in [3.8, 4) is 0 Å². The standard InChI is InChI=1S/C23H27N3O2/c1-25-13-14-26(21(16-25)17-7-3-2-4-8-17)22(27)12-11-19-15-18-9-5-6-10-20(18)24-23(19)28/h2-10,19,21H,11-16H2,1H3,(H,24,28). The Labute approximate surface area is 166 Å². The Morgan fingerprint density at radius 3 is 2.64 bits per heavy atom. The average molecular weight is 377 g/mol. The van der Waals surface area contributed by atoms with E-state index in [0.29, 0.717) is 19.3 Å². The number of carbonyl (C=O) groups is 2. The zero-order valence-corrected chi connectivity index (χ0v) is 16.3. The Bertz CT molecular complexity index is 852. The van der Waals surface area contributed by atoms with Gasteiger partial charge in [0.25, 0.3) is 0 Å². The fourth-order valence-electron chi connectivity index (χ4n) is 4.27. The first-order chi connectivity index (χ1) is 13.6. The van der Waals surface area contributed by atoms with Gasteiger partial charge >= 0.3 is 0 Å². The molecule has 1 fully saturated rings. The Hall–Kier alpha value is -2.66. The van der Waals surface area contributed by atoms with Crippen molar-refractivity contribution in [2.75, 3.05) is 32.0 Å². The highest BCUT2D eigenvalue weighted by atomic mass is 16.2. The largest absolute Gasteiger partial charge is 0.333 e. The van der Waals surface area contributed by atoms with Crippen LogP contribution in [-0.4, -0.2) is 48.3 Å². The summed E-state index contributed by atoms with van der Waals surface area (Å²) >= 11 is 0. The molecule has 5 nitrogen and oxygen atoms in total. The van der Waals surface area contributed by atoms with E-state index in [9.17, 15) is 9.59 Å². The van der Waals surface area contributed by atoms with Gasteiger partial charge in [0.15, 0.2) is 0 Å². The number of para-hydroxylation sites is 1. The van der Waals surface area contributed by atoms with Crippen molar-refractivity contribution < 1.29 is 9.59 Å². The van der Waals surface area contributed by atoms with E-state index in [2.05, 4.69) is 35.5 Å². The normalized spacial score (nSPS) is 22.5. The van der Waals surface area contributed by atoms with Crippen LogP contribution in [0.2, 0.25) is 0 Å². The molecule has 2 aromatic carbocycles. The maximum Gasteiger partial charge on any atom is 0.227 e. The van der Waals surface area contributed by atoms with Crippen LogP contribution in [0, 0.1) is 5.92 Å². The number of nitrogens with one attached hydrogen (secondary N) is 1. The molecular weight excluding hydrogens is 350 g/mol. The summed E-state index contributed by atoms with van der Waals surface area (Å²) < 4.78 is 0. The Morgan fingerprint density at radius 1 is 1.07 bits per heavy atom. The molecule has 2 aliphatic rings. The molecule has 2 amide bonds. The van der Waals surface area contributed by atoms with Crippen molar-refractivity contribution in [3.05, 3.63) is 65.7 Å². The van der Waals surface area contributed by atoms with Crippen LogP contribution in [-0.2, 0) is 16.0 Å². The summed E-state index contributed by atoms with van der Waals surface area (Å²) in [6, 6.07) is 18.2. The zero-order valence-electron chi connectivity index (χ0n) is 16.3. The van der Waals surface area contributed by atoms with E-state index in [0.717, 1.165) is 30.9 Å². The predicted octanol–water partition coefficient (Wildman–Crippen LogP) is 3.09. The molecule has 0 aliphatic carbocycles. The first kappa shape index (κ1) is 18.7. The highest BCUT2D eigenvalue weighted by Gasteiger charge is 2.32. The lowest BCUT2D eigenvalue weighted by Crippen LogP contribution is -2.49. The minimum atomic E-state index is -0.138. The zero-order chi connectivity index (χ0) is 19.5. The number of hydrogen-bond acceptors (Lipinski definition) is 3. The number of fused-ring (bicyclic) bond motifs is 1. The van der Waals surface area contributed by atoms with Gasteiger partial charge in [0.05, 0.1) is 6.04 Å². The number of hydrogen-bond donors (Lipinski definition) is 1. The lowest BCUT2D eigenvalue weighted by atomic mass is 9.89. The van der Waals surface area contributed by atoms with Crippen LogP contribution in [0.3, 0.4) is 0 Å². The van der Waals surface area contributed by atoms with Crippen molar-refractivity contribution in [3.63, 3.8) is 0 Å². The molecule has 2 atom stereocenters. The SMILES string of the molecule is CN1CCN(C(=O)CCC2Cc3ccccc3NC2=O)C(c2ccccc2)C1. The molecule has 4 rings (SSSR count). The molecule has 0 radical (unpaired) electrons. The highest BCUT2D eigenvalue weighted by Crippen LogP contribution is 2.29. The molecule has 0 spiro atoms. The van der Waals surface area contributed by atoms with Gasteiger partial charge in [-0.1, -0.05) is 48.5 Å². The van der Waals surface area contributed by atoms with Crippen LogP contribution >= 0.6 is 0 Å². The van der Waals surface area contributed by atoms with E-state index in [1.807, 2.05) is 41.3 Å². The van der Waals surface area contributed by atoms with Gasteiger partial charge in [-0.25, -0.2) is 0 Å². The van der Waals surface area contributed by atoms with E-state index in [1.165, 1.54) is 5.56 Å². The van der Waals surface area contributed by atoms with Gasteiger partial charge in [-0.05, 0) is 37.1 Å². The number of piperazine rings is 1. The van der Waals surface area contributed by atoms with Crippen LogP contribution in [0.5, 0.6) is 0 Å². The van der Waals surface area contributed by atoms with E-state index in [-0.39, 0.29) is 23.8 Å². The second kappa shape index (κ2) is 8.15. The molecular formula is C23H27N3O2. The summed E-state index contributed by atoms with van der Waals surface area (Å²) in [5.41, 5.74) is 3.23. The van der Waals surface area contributed by atoms with Gasteiger partial charge in [-0.2, -0.15) is 0 Å². The maximum atomic E-state index is 13.1. The number of nitrogens with zero attached hydrogens (tertiary/aromatic N) is 2. The summed E-state index contributed by atoms with van der Waals surface area (Å²) in [6.07, 6.45) is 1.71. The second-order valence-corrected chi connectivity index (χ2v) is 7.86. The third-order valence-electron chi connectivity index (χ3n) is 5.91. The predicted molar refractivity (Wildman–Crippen MR) is 110 cm³/mol. The molecule has 2 unspecified atom stereocenters. The molecule has 2 aliphatic heterocycles. The third-order valence-corrected chi connectivity index (χ3v) is 5.91. The van der Waals surface area contributed by atoms with Crippen LogP contribution in [0.15, 0.2) is 54.6 Å². The highest BCUT2D eigenvalue weighted by molar-refractivity contribution is 5.96. The molecule has 0 aromatic heterocycles. The van der Waals surface area contributed by atoms with Gasteiger partial charge in [0.1, 0.15) is 0 Å². The Kier molecular flexibility index (Phi) is 5.44. The number of likely N-dealkylation sites (N-methyl/N-ethyl adjacent to an activating group) is 1. The Balaban J connectivity index is 1.42. The minimum Gasteiger partial charge on any atom is -0.333 e. The quantitative estimate of drug-likeness (QED) is 0.891. The number of carbonyl (C=O) groups excluding carboxylic acids is 2. The number of rotatable bonds is 4. The average Bonchev–Trinajstić information content (AvgIpc) is 2.72. The molecule has 5 heteroatoms. The van der Waals surface area contributed by atoms with Crippen LogP contribution in [0.25, 0.3) is 0 Å². The van der Waals surface area contributed by atoms with Crippen LogP contribution in [0.4, 0.5) is 5.69 Å². The van der Waals surface area contributed by atoms with Gasteiger partial charge in [-0.3, -0.25) is 9.59 Å². The molecule has 0 saturated carbocycles. The number of benzene rings is 2. The smallest absolute Gasteiger partial charge is 0.227 e. The van der Waals surface area contributed by atoms with E-state index in [4.69, 9.17) is 0 Å². The minimum absolute atomic E-state index is 0.0319. The van der Waals surface area contributed by atoms with Crippen molar-refractivity contribution in [2.24, 2.45) is 5.92 Å². The summed E-state index contributed by atoms with van der Waals surface area (Å²) in [5, 5.41) is 2.98. The van der Waals surface area contributed by atoms with E-state index < -0.39 is 0 Å². The van der Waals surface area contributed by atoms with Crippen molar-refractivity contribution >= 4 is 17.5 Å². The van der Waals surface area contributed by atoms with Gasteiger partial charge in [0.2, 0.25) is 11.8 Å². The van der Waals surface area contributed by atoms with Gasteiger partial charge in [-0.15, -0.1) is 0 Å². The lowest BCUT2D eigenvalue weighted by Gasteiger charge is -2.40. The topological polar surface area (TPSA) is 52.6 Å². The van der Waals surface area contributed by atoms with E-state index >= 15 is 0 Å². The fraction of sp³-hybridized carbons (Fsp3) is 0.391. The second-order valence-electron chi connectivity index (χ2n) is 7.86. The van der Waals surface area contributed by atoms with E-state index in [1.54, 1.807) is 0 Å².